The van der Waals surface area contributed by atoms with Gasteiger partial charge in [-0.15, -0.1) is 0 Å². The molecule has 0 aliphatic rings. The lowest BCUT2D eigenvalue weighted by Crippen LogP contribution is -2.12. The van der Waals surface area contributed by atoms with E-state index in [0.29, 0.717) is 12.5 Å². The maximum atomic E-state index is 9.87. The Morgan fingerprint density at radius 1 is 1.18 bits per heavy atom. The summed E-state index contributed by atoms with van der Waals surface area (Å²) in [5, 5.41) is 9.87. The Morgan fingerprint density at radius 2 is 1.88 bits per heavy atom. The molecule has 0 saturated carbocycles. The van der Waals surface area contributed by atoms with Gasteiger partial charge in [-0.25, -0.2) is 0 Å². The van der Waals surface area contributed by atoms with Gasteiger partial charge >= 0.3 is 0 Å². The Kier molecular flexibility index (Phi) is 6.90. The second kappa shape index (κ2) is 8.26. The Labute approximate surface area is 105 Å². The Balaban J connectivity index is 2.33. The molecule has 0 saturated heterocycles. The lowest BCUT2D eigenvalue weighted by atomic mass is 10.0. The van der Waals surface area contributed by atoms with E-state index in [1.165, 1.54) is 19.3 Å². The van der Waals surface area contributed by atoms with Crippen LogP contribution in [0.25, 0.3) is 0 Å². The largest absolute Gasteiger partial charge is 0.364 e. The van der Waals surface area contributed by atoms with Crippen molar-refractivity contribution in [1.82, 2.24) is 0 Å². The third kappa shape index (κ3) is 5.33. The van der Waals surface area contributed by atoms with Crippen molar-refractivity contribution in [2.75, 3.05) is 6.61 Å². The summed E-state index contributed by atoms with van der Waals surface area (Å²) in [6.45, 7) is 5.03. The molecule has 1 aromatic carbocycles. The number of ether oxygens (including phenoxy) is 1. The van der Waals surface area contributed by atoms with Crippen molar-refractivity contribution in [1.29, 1.82) is 0 Å². The van der Waals surface area contributed by atoms with E-state index in [-0.39, 0.29) is 0 Å². The average Bonchev–Trinajstić information content (AvgIpc) is 2.39. The molecule has 0 aliphatic heterocycles. The monoisotopic (exact) mass is 236 g/mol. The summed E-state index contributed by atoms with van der Waals surface area (Å²) in [6.07, 6.45) is 3.98. The van der Waals surface area contributed by atoms with Gasteiger partial charge in [0.05, 0.1) is 6.61 Å². The summed E-state index contributed by atoms with van der Waals surface area (Å²) < 4.78 is 5.53. The van der Waals surface area contributed by atoms with E-state index in [4.69, 9.17) is 4.74 Å². The van der Waals surface area contributed by atoms with Crippen LogP contribution in [-0.4, -0.2) is 11.7 Å². The number of aliphatic hydroxyl groups excluding tert-OH is 1. The highest BCUT2D eigenvalue weighted by atomic mass is 16.6. The minimum absolute atomic E-state index is 0.563. The molecule has 2 unspecified atom stereocenters. The zero-order valence-electron chi connectivity index (χ0n) is 10.9. The van der Waals surface area contributed by atoms with Gasteiger partial charge in [-0.3, -0.25) is 0 Å². The van der Waals surface area contributed by atoms with Crippen LogP contribution in [0.5, 0.6) is 0 Å². The van der Waals surface area contributed by atoms with E-state index < -0.39 is 6.29 Å². The van der Waals surface area contributed by atoms with E-state index in [9.17, 15) is 5.11 Å². The molecule has 0 heterocycles. The number of rotatable bonds is 8. The number of aliphatic hydroxyl groups is 1. The van der Waals surface area contributed by atoms with Crippen molar-refractivity contribution in [3.63, 3.8) is 0 Å². The average molecular weight is 236 g/mol. The van der Waals surface area contributed by atoms with Crippen molar-refractivity contribution >= 4 is 0 Å². The molecule has 17 heavy (non-hydrogen) atoms. The molecule has 1 N–H and O–H groups in total. The minimum atomic E-state index is -0.785. The summed E-state index contributed by atoms with van der Waals surface area (Å²) >= 11 is 0. The van der Waals surface area contributed by atoms with Gasteiger partial charge in [0.25, 0.3) is 0 Å². The van der Waals surface area contributed by atoms with Gasteiger partial charge in [-0.2, -0.15) is 0 Å². The molecule has 0 fully saturated rings. The molecule has 1 aromatic rings. The molecule has 0 aromatic heterocycles. The van der Waals surface area contributed by atoms with Gasteiger partial charge < -0.3 is 9.84 Å². The topological polar surface area (TPSA) is 29.5 Å². The van der Waals surface area contributed by atoms with Crippen LogP contribution in [0.4, 0.5) is 0 Å². The number of unbranched alkanes of at least 4 members (excludes halogenated alkanes) is 1. The Morgan fingerprint density at radius 3 is 2.47 bits per heavy atom. The second-order valence-corrected chi connectivity index (χ2v) is 4.51. The van der Waals surface area contributed by atoms with E-state index in [1.54, 1.807) is 0 Å². The van der Waals surface area contributed by atoms with E-state index >= 15 is 0 Å². The molecule has 0 aliphatic carbocycles. The lowest BCUT2D eigenvalue weighted by molar-refractivity contribution is -0.114. The van der Waals surface area contributed by atoms with Crippen LogP contribution >= 0.6 is 0 Å². The molecular weight excluding hydrogens is 212 g/mol. The first-order valence-electron chi connectivity index (χ1n) is 6.62. The van der Waals surface area contributed by atoms with Gasteiger partial charge in [0.1, 0.15) is 0 Å². The Bertz CT molecular complexity index is 284. The maximum absolute atomic E-state index is 9.87. The van der Waals surface area contributed by atoms with E-state index in [2.05, 4.69) is 13.8 Å². The molecule has 0 bridgehead atoms. The molecule has 2 nitrogen and oxygen atoms in total. The molecule has 0 spiro atoms. The van der Waals surface area contributed by atoms with Crippen LogP contribution in [0.3, 0.4) is 0 Å². The normalized spacial score (nSPS) is 14.5. The van der Waals surface area contributed by atoms with Gasteiger partial charge in [0.15, 0.2) is 6.29 Å². The molecule has 96 valence electrons. The molecular formula is C15H24O2. The summed E-state index contributed by atoms with van der Waals surface area (Å²) in [7, 11) is 0. The Hall–Kier alpha value is -0.860. The third-order valence-corrected chi connectivity index (χ3v) is 3.12. The van der Waals surface area contributed by atoms with Crippen LogP contribution in [-0.2, 0) is 4.74 Å². The fraction of sp³-hybridized carbons (Fsp3) is 0.600. The summed E-state index contributed by atoms with van der Waals surface area (Å²) in [5.41, 5.74) is 0.831. The SMILES string of the molecule is CCCCC(CC)COC(O)c1ccccc1. The summed E-state index contributed by atoms with van der Waals surface area (Å²) in [4.78, 5) is 0. The smallest absolute Gasteiger partial charge is 0.181 e. The van der Waals surface area contributed by atoms with Gasteiger partial charge in [-0.05, 0) is 12.3 Å². The van der Waals surface area contributed by atoms with Crippen molar-refractivity contribution in [3.05, 3.63) is 35.9 Å². The van der Waals surface area contributed by atoms with Crippen LogP contribution in [0.2, 0.25) is 0 Å². The number of benzene rings is 1. The van der Waals surface area contributed by atoms with Crippen molar-refractivity contribution in [2.45, 2.75) is 45.8 Å². The molecule has 2 atom stereocenters. The predicted octanol–water partition coefficient (Wildman–Crippen LogP) is 3.91. The molecule has 0 radical (unpaired) electrons. The fourth-order valence-electron chi connectivity index (χ4n) is 1.84. The van der Waals surface area contributed by atoms with Crippen molar-refractivity contribution < 1.29 is 9.84 Å². The summed E-state index contributed by atoms with van der Waals surface area (Å²) in [6, 6.07) is 9.54. The number of hydrogen-bond donors (Lipinski definition) is 1. The lowest BCUT2D eigenvalue weighted by Gasteiger charge is -2.18. The quantitative estimate of drug-likeness (QED) is 0.693. The van der Waals surface area contributed by atoms with E-state index in [1.807, 2.05) is 30.3 Å². The van der Waals surface area contributed by atoms with Crippen LogP contribution in [0.15, 0.2) is 30.3 Å². The van der Waals surface area contributed by atoms with Crippen LogP contribution < -0.4 is 0 Å². The molecule has 2 heteroatoms. The summed E-state index contributed by atoms with van der Waals surface area (Å²) in [5.74, 6) is 0.563. The standard InChI is InChI=1S/C15H24O2/c1-3-5-9-13(4-2)12-17-15(16)14-10-7-6-8-11-14/h6-8,10-11,13,15-16H,3-5,9,12H2,1-2H3. The molecule has 0 amide bonds. The maximum Gasteiger partial charge on any atom is 0.181 e. The zero-order valence-corrected chi connectivity index (χ0v) is 10.9. The second-order valence-electron chi connectivity index (χ2n) is 4.51. The first-order valence-corrected chi connectivity index (χ1v) is 6.62. The highest BCUT2D eigenvalue weighted by molar-refractivity contribution is 5.15. The van der Waals surface area contributed by atoms with Gasteiger partial charge in [-0.1, -0.05) is 63.4 Å². The fourth-order valence-corrected chi connectivity index (χ4v) is 1.84. The predicted molar refractivity (Wildman–Crippen MR) is 70.7 cm³/mol. The van der Waals surface area contributed by atoms with Crippen LogP contribution in [0, 0.1) is 5.92 Å². The van der Waals surface area contributed by atoms with Gasteiger partial charge in [0.2, 0.25) is 0 Å². The highest BCUT2D eigenvalue weighted by Gasteiger charge is 2.11. The first kappa shape index (κ1) is 14.2. The van der Waals surface area contributed by atoms with Crippen molar-refractivity contribution in [2.24, 2.45) is 5.92 Å². The third-order valence-electron chi connectivity index (χ3n) is 3.12. The molecule has 1 rings (SSSR count). The first-order chi connectivity index (χ1) is 8.27. The van der Waals surface area contributed by atoms with E-state index in [0.717, 1.165) is 12.0 Å². The van der Waals surface area contributed by atoms with Crippen LogP contribution in [0.1, 0.15) is 51.4 Å². The highest BCUT2D eigenvalue weighted by Crippen LogP contribution is 2.18. The zero-order chi connectivity index (χ0) is 12.5. The minimum Gasteiger partial charge on any atom is -0.364 e. The van der Waals surface area contributed by atoms with Gasteiger partial charge in [0, 0.05) is 5.56 Å². The number of hydrogen-bond acceptors (Lipinski definition) is 2. The van der Waals surface area contributed by atoms with Crippen molar-refractivity contribution in [3.8, 4) is 0 Å².